The molecule has 0 aromatic heterocycles. The van der Waals surface area contributed by atoms with Crippen LogP contribution < -0.4 is 0 Å². The van der Waals surface area contributed by atoms with Crippen LogP contribution >= 0.6 is 0 Å². The topological polar surface area (TPSA) is 124 Å². The molecule has 6 fully saturated rings. The molecule has 6 saturated carbocycles. The Morgan fingerprint density at radius 1 is 0.440 bits per heavy atom. The van der Waals surface area contributed by atoms with Crippen molar-refractivity contribution < 1.29 is 56.4 Å². The lowest BCUT2D eigenvalue weighted by molar-refractivity contribution is -0.165. The summed E-state index contributed by atoms with van der Waals surface area (Å²) < 4.78 is 66.5. The summed E-state index contributed by atoms with van der Waals surface area (Å²) >= 11 is 0. The number of rotatable bonds is 25. The monoisotopic (exact) mass is 1150 g/mol. The lowest BCUT2D eigenvalue weighted by Crippen LogP contribution is -2.42. The van der Waals surface area contributed by atoms with Gasteiger partial charge in [0.1, 0.15) is 49.0 Å². The summed E-state index contributed by atoms with van der Waals surface area (Å²) in [4.78, 5) is 53.1. The molecule has 10 atom stereocenters. The molecule has 0 aromatic carbocycles. The van der Waals surface area contributed by atoms with Crippen molar-refractivity contribution >= 4 is 23.9 Å². The smallest absolute Gasteiger partial charge is 0.333 e. The van der Waals surface area contributed by atoms with Crippen molar-refractivity contribution in [3.63, 3.8) is 0 Å². The number of fused-ring (bicyclic) bond motifs is 1. The number of carbonyl (C=O) groups is 4. The molecular formula is C72H92F2O10. The molecular weight excluding hydrogens is 1060 g/mol. The van der Waals surface area contributed by atoms with E-state index in [1.165, 1.54) is 70.6 Å². The van der Waals surface area contributed by atoms with Crippen LogP contribution in [-0.2, 0) is 47.6 Å². The van der Waals surface area contributed by atoms with Gasteiger partial charge in [-0.3, -0.25) is 9.59 Å². The Balaban J connectivity index is 0.805. The van der Waals surface area contributed by atoms with E-state index >= 15 is 8.78 Å². The number of hydrogen-bond acceptors (Lipinski definition) is 10. The molecule has 6 aliphatic rings. The van der Waals surface area contributed by atoms with Gasteiger partial charge in [-0.1, -0.05) is 89.7 Å². The predicted octanol–water partition coefficient (Wildman–Crippen LogP) is 13.9. The van der Waals surface area contributed by atoms with E-state index in [1.807, 2.05) is 12.2 Å². The summed E-state index contributed by atoms with van der Waals surface area (Å²) in [5.41, 5.74) is 0.932. The summed E-state index contributed by atoms with van der Waals surface area (Å²) in [6.07, 6.45) is 34.8. The molecule has 12 heteroatoms. The largest absolute Gasteiger partial charge is 0.462 e. The third kappa shape index (κ3) is 24.5. The Kier molecular flexibility index (Phi) is 30.4. The molecule has 0 amide bonds. The van der Waals surface area contributed by atoms with Crippen LogP contribution in [0.3, 0.4) is 0 Å². The van der Waals surface area contributed by atoms with Crippen molar-refractivity contribution in [1.29, 1.82) is 0 Å². The van der Waals surface area contributed by atoms with Crippen molar-refractivity contribution in [3.8, 4) is 83.6 Å². The van der Waals surface area contributed by atoms with E-state index in [-0.39, 0.29) is 67.9 Å². The van der Waals surface area contributed by atoms with Crippen molar-refractivity contribution in [3.05, 3.63) is 23.3 Å². The maximum atomic E-state index is 15.6. The lowest BCUT2D eigenvalue weighted by Gasteiger charge is -2.42. The quantitative estimate of drug-likeness (QED) is 0.0287. The molecule has 6 aliphatic carbocycles. The lowest BCUT2D eigenvalue weighted by atomic mass is 9.69. The molecule has 0 radical (unpaired) electrons. The number of halogens is 2. The van der Waals surface area contributed by atoms with Gasteiger partial charge in [-0.2, -0.15) is 0 Å². The molecule has 0 aliphatic heterocycles. The number of carbonyl (C=O) groups excluding carboxylic acids is 4. The first kappa shape index (κ1) is 67.0. The van der Waals surface area contributed by atoms with Crippen LogP contribution in [0, 0.1) is 119 Å². The maximum Gasteiger partial charge on any atom is 0.333 e. The minimum atomic E-state index is -1.49. The van der Waals surface area contributed by atoms with Crippen LogP contribution in [-0.4, -0.2) is 79.5 Å². The van der Waals surface area contributed by atoms with Gasteiger partial charge in [0.05, 0.1) is 17.9 Å². The van der Waals surface area contributed by atoms with E-state index < -0.39 is 60.3 Å². The van der Waals surface area contributed by atoms with Crippen LogP contribution in [0.25, 0.3) is 0 Å². The average molecular weight is 1160 g/mol. The zero-order valence-corrected chi connectivity index (χ0v) is 50.5. The van der Waals surface area contributed by atoms with Crippen LogP contribution in [0.1, 0.15) is 226 Å². The van der Waals surface area contributed by atoms with Crippen LogP contribution in [0.5, 0.6) is 0 Å². The standard InChI is InChI=1S/C72H92F2O10/c1-5-7-9-11-13-15-17-19-21-23-25-27-45-79-61-37-29-55(30-38-61)47-53(3)69(75)83-67-43-35-58(51-65(67)73)71(77)81-63-41-33-57-34-42-64(50-60(57)49-63)82-72(78)59-36-44-68(66(74)52-59)84-70(76)54(4)48-56-31-39-62(40-32-56)80-46-28-26-24-22-20-18-16-14-12-10-8-6-2/h1,47-48,55-68H,6,8,10,12,14,16,18,20,22,24,26,28-44,46,49-52H2,2-4H3/b53-47+,54-48+. The normalized spacial score (nSPS) is 29.2. The number of allylic oxidation sites excluding steroid dienone is 2. The first-order valence-corrected chi connectivity index (χ1v) is 32.1. The number of ether oxygens (including phenoxy) is 6. The van der Waals surface area contributed by atoms with Crippen molar-refractivity contribution in [2.45, 2.75) is 275 Å². The molecule has 10 nitrogen and oxygen atoms in total. The first-order chi connectivity index (χ1) is 40.9. The zero-order chi connectivity index (χ0) is 59.7. The Morgan fingerprint density at radius 3 is 1.29 bits per heavy atom. The van der Waals surface area contributed by atoms with Gasteiger partial charge < -0.3 is 28.4 Å². The highest BCUT2D eigenvalue weighted by Crippen LogP contribution is 2.44. The highest BCUT2D eigenvalue weighted by atomic mass is 19.1. The molecule has 454 valence electrons. The van der Waals surface area contributed by atoms with E-state index in [4.69, 9.17) is 34.8 Å². The number of hydrogen-bond donors (Lipinski definition) is 0. The first-order valence-electron chi connectivity index (χ1n) is 32.1. The van der Waals surface area contributed by atoms with Crippen LogP contribution in [0.2, 0.25) is 0 Å². The Bertz CT molecular complexity index is 2630. The van der Waals surface area contributed by atoms with Gasteiger partial charge in [-0.15, -0.1) is 6.42 Å². The van der Waals surface area contributed by atoms with Gasteiger partial charge in [0.25, 0.3) is 0 Å². The number of alkyl halides is 2. The summed E-state index contributed by atoms with van der Waals surface area (Å²) in [5.74, 6) is 27.8. The highest BCUT2D eigenvalue weighted by Gasteiger charge is 2.43. The van der Waals surface area contributed by atoms with Gasteiger partial charge in [-0.25, -0.2) is 18.4 Å². The van der Waals surface area contributed by atoms with E-state index in [9.17, 15) is 19.2 Å². The van der Waals surface area contributed by atoms with E-state index in [1.54, 1.807) is 13.8 Å². The SMILES string of the molecule is C#CC#CC#CC#CC#CC#CC#COC1CCC(/C=C(\C)C(=O)OC2CCC(C(=O)OC3CCC4CCC(OC(=O)C5CCC(OC(=O)/C(C)=C/C6CCC(OCCCCCCCCCCCCCC)CC6)C(F)C5)CC4C3)CC2F)CC1. The molecule has 0 spiro atoms. The van der Waals surface area contributed by atoms with E-state index in [0.717, 1.165) is 90.1 Å². The predicted molar refractivity (Wildman–Crippen MR) is 321 cm³/mol. The Hall–Kier alpha value is -6.10. The van der Waals surface area contributed by atoms with Crippen molar-refractivity contribution in [2.75, 3.05) is 6.61 Å². The third-order valence-corrected chi connectivity index (χ3v) is 18.1. The van der Waals surface area contributed by atoms with Crippen molar-refractivity contribution in [2.24, 2.45) is 35.5 Å². The number of terminal acetylenes is 1. The molecule has 6 rings (SSSR count). The Morgan fingerprint density at radius 2 is 0.845 bits per heavy atom. The fraction of sp³-hybridized carbons (Fsp3) is 0.694. The van der Waals surface area contributed by atoms with Gasteiger partial charge in [0.15, 0.2) is 0 Å². The van der Waals surface area contributed by atoms with Crippen LogP contribution in [0.15, 0.2) is 23.3 Å². The second kappa shape index (κ2) is 38.1. The van der Waals surface area contributed by atoms with Crippen molar-refractivity contribution in [1.82, 2.24) is 0 Å². The second-order valence-corrected chi connectivity index (χ2v) is 24.5. The molecule has 0 bridgehead atoms. The summed E-state index contributed by atoms with van der Waals surface area (Å²) in [7, 11) is 0. The van der Waals surface area contributed by atoms with Gasteiger partial charge >= 0.3 is 23.9 Å². The van der Waals surface area contributed by atoms with Crippen LogP contribution in [0.4, 0.5) is 8.78 Å². The average Bonchev–Trinajstić information content (AvgIpc) is 3.69. The highest BCUT2D eigenvalue weighted by molar-refractivity contribution is 5.88. The molecule has 0 N–H and O–H groups in total. The summed E-state index contributed by atoms with van der Waals surface area (Å²) in [5, 5.41) is 0. The Labute approximate surface area is 502 Å². The number of unbranched alkanes of at least 4 members (excludes halogenated alkanes) is 11. The minimum absolute atomic E-state index is 0.0460. The second-order valence-electron chi connectivity index (χ2n) is 24.5. The summed E-state index contributed by atoms with van der Waals surface area (Å²) in [6, 6.07) is 0. The molecule has 0 saturated heterocycles. The molecule has 0 aromatic rings. The fourth-order valence-electron chi connectivity index (χ4n) is 13.2. The zero-order valence-electron chi connectivity index (χ0n) is 50.5. The van der Waals surface area contributed by atoms with Gasteiger partial charge in [-0.05, 0) is 208 Å². The fourth-order valence-corrected chi connectivity index (χ4v) is 13.2. The number of esters is 4. The molecule has 0 heterocycles. The van der Waals surface area contributed by atoms with Gasteiger partial charge in [0.2, 0.25) is 0 Å². The van der Waals surface area contributed by atoms with E-state index in [2.05, 4.69) is 84.1 Å². The third-order valence-electron chi connectivity index (χ3n) is 18.1. The minimum Gasteiger partial charge on any atom is -0.462 e. The maximum absolute atomic E-state index is 15.6. The molecule has 10 unspecified atom stereocenters. The summed E-state index contributed by atoms with van der Waals surface area (Å²) in [6.45, 7) is 6.52. The van der Waals surface area contributed by atoms with Gasteiger partial charge in [0, 0.05) is 53.3 Å². The van der Waals surface area contributed by atoms with E-state index in [0.29, 0.717) is 42.7 Å². The molecule has 84 heavy (non-hydrogen) atoms.